The molecule has 8 heteroatoms. The second-order valence-corrected chi connectivity index (χ2v) is 10.2. The van der Waals surface area contributed by atoms with E-state index in [-0.39, 0.29) is 18.5 Å². The number of hydrogen-bond donors (Lipinski definition) is 2. The number of carbonyl (C=O) groups is 1. The lowest BCUT2D eigenvalue weighted by atomic mass is 9.92. The summed E-state index contributed by atoms with van der Waals surface area (Å²) in [6.45, 7) is 2.97. The van der Waals surface area contributed by atoms with Crippen molar-refractivity contribution in [2.75, 3.05) is 6.54 Å². The molecule has 1 aliphatic carbocycles. The van der Waals surface area contributed by atoms with Crippen LogP contribution in [0.1, 0.15) is 54.7 Å². The lowest BCUT2D eigenvalue weighted by Gasteiger charge is -2.24. The van der Waals surface area contributed by atoms with E-state index >= 15 is 0 Å². The van der Waals surface area contributed by atoms with E-state index in [1.807, 2.05) is 19.2 Å². The first-order valence-corrected chi connectivity index (χ1v) is 12.3. The third-order valence-electron chi connectivity index (χ3n) is 5.98. The summed E-state index contributed by atoms with van der Waals surface area (Å²) in [5.41, 5.74) is 3.41. The Morgan fingerprint density at radius 1 is 1.20 bits per heavy atom. The molecular weight excluding hydrogens is 400 g/mol. The van der Waals surface area contributed by atoms with E-state index < -0.39 is 10.0 Å². The van der Waals surface area contributed by atoms with Crippen molar-refractivity contribution in [2.24, 2.45) is 0 Å². The Labute approximate surface area is 178 Å². The number of nitrogens with one attached hydrogen (secondary N) is 2. The highest BCUT2D eigenvalue weighted by molar-refractivity contribution is 7.89. The van der Waals surface area contributed by atoms with E-state index in [2.05, 4.69) is 19.6 Å². The second-order valence-electron chi connectivity index (χ2n) is 8.39. The van der Waals surface area contributed by atoms with Gasteiger partial charge in [-0.1, -0.05) is 6.07 Å². The van der Waals surface area contributed by atoms with E-state index in [1.54, 1.807) is 12.1 Å². The van der Waals surface area contributed by atoms with E-state index in [0.717, 1.165) is 55.7 Å². The molecule has 1 atom stereocenters. The van der Waals surface area contributed by atoms with Crippen LogP contribution in [0.2, 0.25) is 0 Å². The normalized spacial score (nSPS) is 18.5. The third-order valence-corrected chi connectivity index (χ3v) is 7.44. The molecule has 2 aliphatic rings. The molecule has 1 aromatic carbocycles. The number of sulfonamides is 1. The minimum absolute atomic E-state index is 0.0340. The van der Waals surface area contributed by atoms with E-state index in [0.29, 0.717) is 17.7 Å². The van der Waals surface area contributed by atoms with Crippen LogP contribution in [0.5, 0.6) is 0 Å². The minimum Gasteiger partial charge on any atom is -0.352 e. The lowest BCUT2D eigenvalue weighted by Crippen LogP contribution is -2.41. The molecule has 1 aliphatic heterocycles. The van der Waals surface area contributed by atoms with E-state index in [9.17, 15) is 13.2 Å². The topological polar surface area (TPSA) is 93.1 Å². The summed E-state index contributed by atoms with van der Waals surface area (Å²) >= 11 is 0. The van der Waals surface area contributed by atoms with Gasteiger partial charge < -0.3 is 9.88 Å². The van der Waals surface area contributed by atoms with Gasteiger partial charge in [0.05, 0.1) is 10.6 Å². The molecule has 7 nitrogen and oxygen atoms in total. The largest absolute Gasteiger partial charge is 0.352 e. The SMILES string of the molecule is Cc1cn2c(n1)CCC(NC(=O)CCCNS(=O)(=O)c1ccc3c(c1)CCCC3)C2. The molecule has 0 fully saturated rings. The van der Waals surface area contributed by atoms with Crippen molar-refractivity contribution in [1.82, 2.24) is 19.6 Å². The average molecular weight is 431 g/mol. The monoisotopic (exact) mass is 430 g/mol. The second kappa shape index (κ2) is 8.89. The first kappa shape index (κ1) is 21.1. The van der Waals surface area contributed by atoms with Gasteiger partial charge in [0.1, 0.15) is 5.82 Å². The fourth-order valence-electron chi connectivity index (χ4n) is 4.42. The highest BCUT2D eigenvalue weighted by Crippen LogP contribution is 2.24. The fourth-order valence-corrected chi connectivity index (χ4v) is 5.54. The van der Waals surface area contributed by atoms with Crippen molar-refractivity contribution >= 4 is 15.9 Å². The number of amides is 1. The Hall–Kier alpha value is -2.19. The van der Waals surface area contributed by atoms with Crippen LogP contribution in [-0.4, -0.2) is 36.5 Å². The summed E-state index contributed by atoms with van der Waals surface area (Å²) in [5, 5.41) is 3.07. The first-order chi connectivity index (χ1) is 14.4. The summed E-state index contributed by atoms with van der Waals surface area (Å²) in [6.07, 6.45) is 8.79. The van der Waals surface area contributed by atoms with Crippen LogP contribution >= 0.6 is 0 Å². The summed E-state index contributed by atoms with van der Waals surface area (Å²) in [7, 11) is -3.54. The van der Waals surface area contributed by atoms with Crippen molar-refractivity contribution in [3.05, 3.63) is 47.0 Å². The zero-order valence-corrected chi connectivity index (χ0v) is 18.3. The Kier molecular flexibility index (Phi) is 6.24. The molecule has 0 bridgehead atoms. The van der Waals surface area contributed by atoms with Gasteiger partial charge >= 0.3 is 0 Å². The summed E-state index contributed by atoms with van der Waals surface area (Å²) in [5.74, 6) is 1.04. The average Bonchev–Trinajstić information content (AvgIpc) is 3.10. The van der Waals surface area contributed by atoms with E-state index in [4.69, 9.17) is 0 Å². The number of nitrogens with zero attached hydrogens (tertiary/aromatic N) is 2. The smallest absolute Gasteiger partial charge is 0.240 e. The highest BCUT2D eigenvalue weighted by atomic mass is 32.2. The van der Waals surface area contributed by atoms with Crippen LogP contribution < -0.4 is 10.0 Å². The number of rotatable bonds is 7. The number of aromatic nitrogens is 2. The Morgan fingerprint density at radius 2 is 2.00 bits per heavy atom. The molecule has 0 saturated carbocycles. The Balaban J connectivity index is 1.22. The Bertz CT molecular complexity index is 1030. The zero-order chi connectivity index (χ0) is 21.1. The predicted octanol–water partition coefficient (Wildman–Crippen LogP) is 2.26. The lowest BCUT2D eigenvalue weighted by molar-refractivity contribution is -0.122. The zero-order valence-electron chi connectivity index (χ0n) is 17.5. The molecule has 0 spiro atoms. The summed E-state index contributed by atoms with van der Waals surface area (Å²) in [6, 6.07) is 5.53. The van der Waals surface area contributed by atoms with Gasteiger partial charge in [0, 0.05) is 38.2 Å². The van der Waals surface area contributed by atoms with Gasteiger partial charge in [-0.2, -0.15) is 0 Å². The molecule has 0 saturated heterocycles. The number of hydrogen-bond acceptors (Lipinski definition) is 4. The third kappa shape index (κ3) is 4.92. The first-order valence-electron chi connectivity index (χ1n) is 10.8. The standard InChI is InChI=1S/C22H30N4O3S/c1-16-14-26-15-19(9-11-21(26)24-16)25-22(27)7-4-12-23-30(28,29)20-10-8-17-5-2-3-6-18(17)13-20/h8,10,13-14,19,23H,2-7,9,11-12,15H2,1H3,(H,25,27). The molecule has 30 heavy (non-hydrogen) atoms. The molecule has 2 N–H and O–H groups in total. The van der Waals surface area contributed by atoms with Gasteiger partial charge in [0.25, 0.3) is 0 Å². The van der Waals surface area contributed by atoms with Crippen LogP contribution in [0, 0.1) is 6.92 Å². The minimum atomic E-state index is -3.54. The molecule has 1 aromatic heterocycles. The van der Waals surface area contributed by atoms with Gasteiger partial charge in [-0.05, 0) is 68.7 Å². The van der Waals surface area contributed by atoms with E-state index in [1.165, 1.54) is 12.0 Å². The molecular formula is C22H30N4O3S. The quantitative estimate of drug-likeness (QED) is 0.659. The van der Waals surface area contributed by atoms with Gasteiger partial charge in [0.2, 0.25) is 15.9 Å². The van der Waals surface area contributed by atoms with Crippen LogP contribution in [0.25, 0.3) is 0 Å². The number of aryl methyl sites for hydroxylation is 4. The fraction of sp³-hybridized carbons (Fsp3) is 0.545. The van der Waals surface area contributed by atoms with Crippen molar-refractivity contribution in [1.29, 1.82) is 0 Å². The number of imidazole rings is 1. The van der Waals surface area contributed by atoms with Crippen molar-refractivity contribution in [2.45, 2.75) is 75.8 Å². The Morgan fingerprint density at radius 3 is 2.83 bits per heavy atom. The van der Waals surface area contributed by atoms with Crippen LogP contribution in [0.15, 0.2) is 29.3 Å². The maximum absolute atomic E-state index is 12.6. The molecule has 1 amide bonds. The van der Waals surface area contributed by atoms with Crippen LogP contribution in [-0.2, 0) is 40.6 Å². The maximum atomic E-state index is 12.6. The number of carbonyl (C=O) groups excluding carboxylic acids is 1. The van der Waals surface area contributed by atoms with Gasteiger partial charge in [-0.3, -0.25) is 4.79 Å². The van der Waals surface area contributed by atoms with Crippen LogP contribution in [0.4, 0.5) is 0 Å². The maximum Gasteiger partial charge on any atom is 0.240 e. The highest BCUT2D eigenvalue weighted by Gasteiger charge is 2.21. The van der Waals surface area contributed by atoms with Gasteiger partial charge in [-0.25, -0.2) is 18.1 Å². The van der Waals surface area contributed by atoms with Crippen LogP contribution in [0.3, 0.4) is 0 Å². The molecule has 2 heterocycles. The molecule has 1 unspecified atom stereocenters. The molecule has 0 radical (unpaired) electrons. The summed E-state index contributed by atoms with van der Waals surface area (Å²) in [4.78, 5) is 17.1. The predicted molar refractivity (Wildman–Crippen MR) is 115 cm³/mol. The number of benzene rings is 1. The van der Waals surface area contributed by atoms with Gasteiger partial charge in [-0.15, -0.1) is 0 Å². The van der Waals surface area contributed by atoms with Crippen molar-refractivity contribution in [3.8, 4) is 0 Å². The molecule has 162 valence electrons. The van der Waals surface area contributed by atoms with Crippen molar-refractivity contribution < 1.29 is 13.2 Å². The number of fused-ring (bicyclic) bond motifs is 2. The molecule has 2 aromatic rings. The molecule has 4 rings (SSSR count). The summed E-state index contributed by atoms with van der Waals surface area (Å²) < 4.78 is 29.9. The van der Waals surface area contributed by atoms with Crippen molar-refractivity contribution in [3.63, 3.8) is 0 Å². The van der Waals surface area contributed by atoms with Gasteiger partial charge in [0.15, 0.2) is 0 Å².